The fourth-order valence-corrected chi connectivity index (χ4v) is 5.13. The molecule has 13 heteroatoms. The van der Waals surface area contributed by atoms with Crippen molar-refractivity contribution in [3.63, 3.8) is 0 Å². The quantitative estimate of drug-likeness (QED) is 0.269. The van der Waals surface area contributed by atoms with Gasteiger partial charge in [0, 0.05) is 50.2 Å². The van der Waals surface area contributed by atoms with Gasteiger partial charge in [0.05, 0.1) is 18.5 Å². The van der Waals surface area contributed by atoms with Crippen molar-refractivity contribution >= 4 is 46.6 Å². The zero-order chi connectivity index (χ0) is 27.9. The van der Waals surface area contributed by atoms with E-state index in [0.29, 0.717) is 51.3 Å². The lowest BCUT2D eigenvalue weighted by Crippen LogP contribution is -2.31. The molecule has 3 aromatic heterocycles. The first-order valence-electron chi connectivity index (χ1n) is 12.8. The third-order valence-corrected chi connectivity index (χ3v) is 7.20. The van der Waals surface area contributed by atoms with Crippen molar-refractivity contribution in [2.24, 2.45) is 12.0 Å². The van der Waals surface area contributed by atoms with Crippen LogP contribution in [0.5, 0.6) is 5.75 Å². The Labute approximate surface area is 232 Å². The number of hydrogen-bond donors (Lipinski definition) is 4. The zero-order valence-corrected chi connectivity index (χ0v) is 23.8. The highest BCUT2D eigenvalue weighted by Gasteiger charge is 2.29. The number of likely N-dealkylation sites (N-methyl/N-ethyl adjacent to an activating group) is 2. The van der Waals surface area contributed by atoms with Crippen molar-refractivity contribution in [1.82, 2.24) is 39.8 Å². The van der Waals surface area contributed by atoms with E-state index in [9.17, 15) is 0 Å². The van der Waals surface area contributed by atoms with Gasteiger partial charge in [-0.25, -0.2) is 9.98 Å². The summed E-state index contributed by atoms with van der Waals surface area (Å²) in [5, 5.41) is 22.6. The Hall–Kier alpha value is -3.90. The van der Waals surface area contributed by atoms with Crippen LogP contribution < -0.4 is 20.7 Å². The van der Waals surface area contributed by atoms with Gasteiger partial charge in [-0.1, -0.05) is 32.4 Å². The van der Waals surface area contributed by atoms with Crippen molar-refractivity contribution in [2.75, 3.05) is 32.5 Å². The summed E-state index contributed by atoms with van der Waals surface area (Å²) in [4.78, 5) is 15.7. The molecule has 1 unspecified atom stereocenters. The van der Waals surface area contributed by atoms with Crippen LogP contribution in [-0.4, -0.2) is 68.5 Å². The van der Waals surface area contributed by atoms with Gasteiger partial charge in [0.15, 0.2) is 28.8 Å². The lowest BCUT2D eigenvalue weighted by Gasteiger charge is -2.23. The first-order valence-corrected chi connectivity index (χ1v) is 13.1. The van der Waals surface area contributed by atoms with Crippen LogP contribution in [0.25, 0.3) is 11.2 Å². The molecule has 1 saturated heterocycles. The van der Waals surface area contributed by atoms with Crippen LogP contribution in [0.15, 0.2) is 41.1 Å². The Morgan fingerprint density at radius 2 is 2.10 bits per heavy atom. The maximum atomic E-state index is 7.89. The van der Waals surface area contributed by atoms with Crippen LogP contribution >= 0.6 is 11.6 Å². The summed E-state index contributed by atoms with van der Waals surface area (Å²) in [5.41, 5.74) is 2.67. The Kier molecular flexibility index (Phi) is 7.08. The van der Waals surface area contributed by atoms with E-state index in [1.54, 1.807) is 19.4 Å². The predicted molar refractivity (Wildman–Crippen MR) is 154 cm³/mol. The second-order valence-corrected chi connectivity index (χ2v) is 11.1. The Morgan fingerprint density at radius 3 is 2.77 bits per heavy atom. The van der Waals surface area contributed by atoms with Crippen LogP contribution in [-0.2, 0) is 12.5 Å². The van der Waals surface area contributed by atoms with Gasteiger partial charge in [-0.2, -0.15) is 10.1 Å². The fourth-order valence-electron chi connectivity index (χ4n) is 4.83. The lowest BCUT2D eigenvalue weighted by atomic mass is 9.91. The number of rotatable bonds is 6. The van der Waals surface area contributed by atoms with Crippen LogP contribution in [0.3, 0.4) is 0 Å². The Balaban J connectivity index is 1.47. The average molecular weight is 552 g/mol. The summed E-state index contributed by atoms with van der Waals surface area (Å²) >= 11 is 6.81. The standard InChI is InChI=1S/C26H34ClN11O/c1-26(2,3)18-11-19(35-38(18)15-7-10-36(5)14-15)33-25-34-24-22(37(25)6)20(27)17(13-32-24)39-16(12-28)21-23(29-4)31-9-8-30-21/h8-9,11-13,15,28,30H,7,10,14H2,1-6H3,(H,29,31)(H,32,33,34,35)/b21-16+,28-12?. The van der Waals surface area contributed by atoms with Crippen LogP contribution in [0, 0.1) is 5.41 Å². The average Bonchev–Trinajstić information content (AvgIpc) is 3.61. The smallest absolute Gasteiger partial charge is 0.210 e. The largest absolute Gasteiger partial charge is 0.450 e. The van der Waals surface area contributed by atoms with Crippen LogP contribution in [0.4, 0.5) is 11.8 Å². The molecule has 2 aliphatic heterocycles. The number of pyridine rings is 1. The van der Waals surface area contributed by atoms with Gasteiger partial charge in [0.25, 0.3) is 0 Å². The number of likely N-dealkylation sites (tertiary alicyclic amines) is 1. The zero-order valence-electron chi connectivity index (χ0n) is 23.0. The number of anilines is 2. The summed E-state index contributed by atoms with van der Waals surface area (Å²) in [6.45, 7) is 8.63. The number of nitrogens with zero attached hydrogens (tertiary/aromatic N) is 7. The summed E-state index contributed by atoms with van der Waals surface area (Å²) in [5.74, 6) is 2.33. The van der Waals surface area contributed by atoms with Gasteiger partial charge in [0.2, 0.25) is 5.95 Å². The monoisotopic (exact) mass is 551 g/mol. The van der Waals surface area contributed by atoms with E-state index in [0.717, 1.165) is 25.7 Å². The molecule has 0 bridgehead atoms. The van der Waals surface area contributed by atoms with Crippen molar-refractivity contribution in [2.45, 2.75) is 38.6 Å². The summed E-state index contributed by atoms with van der Waals surface area (Å²) in [7, 11) is 5.74. The molecule has 2 aliphatic rings. The minimum atomic E-state index is -0.0700. The third kappa shape index (κ3) is 5.09. The van der Waals surface area contributed by atoms with Gasteiger partial charge in [-0.15, -0.1) is 0 Å². The molecule has 39 heavy (non-hydrogen) atoms. The molecule has 0 radical (unpaired) electrons. The van der Waals surface area contributed by atoms with E-state index in [4.69, 9.17) is 26.8 Å². The molecule has 0 spiro atoms. The molecular weight excluding hydrogens is 518 g/mol. The van der Waals surface area contributed by atoms with Gasteiger partial charge >= 0.3 is 0 Å². The van der Waals surface area contributed by atoms with E-state index in [2.05, 4.69) is 74.4 Å². The number of nitrogens with one attached hydrogen (secondary N) is 4. The minimum absolute atomic E-state index is 0.0700. The molecule has 1 fully saturated rings. The molecule has 0 aromatic carbocycles. The molecule has 0 amide bonds. The summed E-state index contributed by atoms with van der Waals surface area (Å²) in [6.07, 6.45) is 6.93. The number of ether oxygens (including phenoxy) is 1. The molecule has 4 N–H and O–H groups in total. The number of imidazole rings is 1. The lowest BCUT2D eigenvalue weighted by molar-refractivity contribution is 0.366. The van der Waals surface area contributed by atoms with E-state index in [1.807, 2.05) is 11.6 Å². The predicted octanol–water partition coefficient (Wildman–Crippen LogP) is 3.67. The highest BCUT2D eigenvalue weighted by molar-refractivity contribution is 6.36. The SMILES string of the molecule is CNC1=NC=CN/C1=C(\C=N)Oc1cnc2nc(Nc3cc(C(C)(C)C)n(C4CCN(C)C4)n3)n(C)c2c1Cl. The maximum Gasteiger partial charge on any atom is 0.210 e. The number of halogens is 1. The molecule has 0 aliphatic carbocycles. The first kappa shape index (κ1) is 26.7. The topological polar surface area (TPSA) is 133 Å². The number of hydrogen-bond acceptors (Lipinski definition) is 10. The molecular formula is C26H34ClN11O. The van der Waals surface area contributed by atoms with Crippen LogP contribution in [0.2, 0.25) is 5.02 Å². The highest BCUT2D eigenvalue weighted by atomic mass is 35.5. The van der Waals surface area contributed by atoms with E-state index < -0.39 is 0 Å². The van der Waals surface area contributed by atoms with E-state index in [-0.39, 0.29) is 11.2 Å². The van der Waals surface area contributed by atoms with E-state index in [1.165, 1.54) is 11.9 Å². The van der Waals surface area contributed by atoms with Crippen molar-refractivity contribution in [3.05, 3.63) is 46.8 Å². The highest BCUT2D eigenvalue weighted by Crippen LogP contribution is 2.35. The third-order valence-electron chi connectivity index (χ3n) is 6.84. The number of allylic oxidation sites excluding steroid dienone is 1. The number of fused-ring (bicyclic) bond motifs is 1. The maximum absolute atomic E-state index is 7.89. The number of aryl methyl sites for hydroxylation is 1. The summed E-state index contributed by atoms with van der Waals surface area (Å²) in [6, 6.07) is 2.42. The van der Waals surface area contributed by atoms with Crippen molar-refractivity contribution < 1.29 is 4.74 Å². The molecule has 5 rings (SSSR count). The van der Waals surface area contributed by atoms with Gasteiger partial charge in [-0.05, 0) is 20.0 Å². The molecule has 12 nitrogen and oxygen atoms in total. The molecule has 5 heterocycles. The second-order valence-electron chi connectivity index (χ2n) is 10.7. The second kappa shape index (κ2) is 10.3. The summed E-state index contributed by atoms with van der Waals surface area (Å²) < 4.78 is 10.0. The Bertz CT molecular complexity index is 1510. The normalized spacial score (nSPS) is 19.2. The number of aromatic nitrogens is 5. The number of amidine groups is 1. The molecule has 3 aromatic rings. The molecule has 0 saturated carbocycles. The first-order chi connectivity index (χ1) is 18.6. The van der Waals surface area contributed by atoms with Crippen LogP contribution in [0.1, 0.15) is 38.9 Å². The minimum Gasteiger partial charge on any atom is -0.450 e. The van der Waals surface area contributed by atoms with Gasteiger partial charge < -0.3 is 35.6 Å². The van der Waals surface area contributed by atoms with Crippen molar-refractivity contribution in [3.8, 4) is 5.75 Å². The Morgan fingerprint density at radius 1 is 1.31 bits per heavy atom. The van der Waals surface area contributed by atoms with E-state index >= 15 is 0 Å². The molecule has 1 atom stereocenters. The fraction of sp³-hybridized carbons (Fsp3) is 0.423. The van der Waals surface area contributed by atoms with Crippen molar-refractivity contribution in [1.29, 1.82) is 5.41 Å². The van der Waals surface area contributed by atoms with Gasteiger partial charge in [0.1, 0.15) is 16.2 Å². The molecule has 206 valence electrons. The van der Waals surface area contributed by atoms with Gasteiger partial charge in [-0.3, -0.25) is 4.68 Å². The number of aliphatic imine (C=N–C) groups is 1.